The van der Waals surface area contributed by atoms with Crippen LogP contribution in [0.4, 0.5) is 0 Å². The Labute approximate surface area is 295 Å². The maximum absolute atomic E-state index is 12.9. The minimum absolute atomic E-state index is 0.179. The molecule has 0 amide bonds. The van der Waals surface area contributed by atoms with E-state index in [4.69, 9.17) is 18.9 Å². The van der Waals surface area contributed by atoms with Gasteiger partial charge in [0.15, 0.2) is 0 Å². The van der Waals surface area contributed by atoms with Gasteiger partial charge in [-0.25, -0.2) is 9.59 Å². The van der Waals surface area contributed by atoms with Crippen LogP contribution >= 0.6 is 0 Å². The van der Waals surface area contributed by atoms with Gasteiger partial charge in [-0.15, -0.1) is 0 Å². The van der Waals surface area contributed by atoms with Crippen LogP contribution in [0.3, 0.4) is 0 Å². The summed E-state index contributed by atoms with van der Waals surface area (Å²) in [5.41, 5.74) is 2.38. The van der Waals surface area contributed by atoms with Crippen LogP contribution in [0.1, 0.15) is 89.2 Å². The molecule has 0 aliphatic carbocycles. The van der Waals surface area contributed by atoms with Crippen molar-refractivity contribution in [2.24, 2.45) is 0 Å². The average molecular weight is 689 g/mol. The van der Waals surface area contributed by atoms with Crippen molar-refractivity contribution in [3.8, 4) is 11.5 Å². The minimum Gasteiger partial charge on any atom is -0.459 e. The van der Waals surface area contributed by atoms with Crippen molar-refractivity contribution in [2.75, 3.05) is 14.1 Å². The van der Waals surface area contributed by atoms with Crippen molar-refractivity contribution in [3.05, 3.63) is 71.8 Å². The Morgan fingerprint density at radius 1 is 0.580 bits per heavy atom. The lowest BCUT2D eigenvalue weighted by atomic mass is 9.80. The van der Waals surface area contributed by atoms with Crippen molar-refractivity contribution in [1.29, 1.82) is 0 Å². The van der Waals surface area contributed by atoms with Gasteiger partial charge in [-0.05, 0) is 87.1 Å². The molecule has 0 radical (unpaired) electrons. The highest BCUT2D eigenvalue weighted by Gasteiger charge is 2.51. The zero-order chi connectivity index (χ0) is 35.5. The summed E-state index contributed by atoms with van der Waals surface area (Å²) in [5, 5.41) is 0. The highest BCUT2D eigenvalue weighted by molar-refractivity contribution is 5.91. The molecule has 0 spiro atoms. The molecule has 4 unspecified atom stereocenters. The van der Waals surface area contributed by atoms with E-state index in [1.165, 1.54) is 50.0 Å². The van der Waals surface area contributed by atoms with E-state index in [0.29, 0.717) is 35.7 Å². The van der Waals surface area contributed by atoms with E-state index >= 15 is 0 Å². The van der Waals surface area contributed by atoms with E-state index in [0.717, 1.165) is 73.4 Å². The summed E-state index contributed by atoms with van der Waals surface area (Å²) in [4.78, 5) is 48.4. The van der Waals surface area contributed by atoms with E-state index in [1.807, 2.05) is 48.5 Å². The van der Waals surface area contributed by atoms with Gasteiger partial charge in [0.25, 0.3) is 0 Å². The Morgan fingerprint density at radius 3 is 1.20 bits per heavy atom. The molecule has 4 bridgehead atoms. The van der Waals surface area contributed by atoms with Crippen LogP contribution in [0.5, 0.6) is 11.5 Å². The molecule has 6 rings (SSSR count). The molecule has 0 aromatic heterocycles. The first-order valence-corrected chi connectivity index (χ1v) is 18.2. The summed E-state index contributed by atoms with van der Waals surface area (Å²) in [6.45, 7) is 4.54. The molecule has 4 atom stereocenters. The normalized spacial score (nSPS) is 31.8. The summed E-state index contributed by atoms with van der Waals surface area (Å²) >= 11 is 0. The van der Waals surface area contributed by atoms with Crippen LogP contribution in [-0.2, 0) is 41.7 Å². The molecule has 2 aromatic carbocycles. The summed E-state index contributed by atoms with van der Waals surface area (Å²) in [5.74, 6) is -0.550. The van der Waals surface area contributed by atoms with Crippen molar-refractivity contribution >= 4 is 23.9 Å². The number of benzene rings is 2. The van der Waals surface area contributed by atoms with E-state index in [9.17, 15) is 19.2 Å². The molecule has 10 nitrogen and oxygen atoms in total. The van der Waals surface area contributed by atoms with E-state index in [2.05, 4.69) is 14.1 Å². The predicted octanol–water partition coefficient (Wildman–Crippen LogP) is 5.94. The summed E-state index contributed by atoms with van der Waals surface area (Å²) in [6.07, 6.45) is 11.9. The third kappa shape index (κ3) is 8.29. The number of quaternary nitrogens is 2. The molecule has 4 aliphatic heterocycles. The Bertz CT molecular complexity index is 1440. The average Bonchev–Trinajstić information content (AvgIpc) is 3.02. The topological polar surface area (TPSA) is 105 Å². The van der Waals surface area contributed by atoms with E-state index in [-0.39, 0.29) is 24.1 Å². The number of carbonyl (C=O) groups is 4. The highest BCUT2D eigenvalue weighted by atomic mass is 16.6. The van der Waals surface area contributed by atoms with Gasteiger partial charge in [0.1, 0.15) is 36.8 Å². The van der Waals surface area contributed by atoms with Crippen molar-refractivity contribution in [3.63, 3.8) is 0 Å². The fraction of sp³-hybridized carbons (Fsp3) is 0.550. The Kier molecular flexibility index (Phi) is 10.8. The van der Waals surface area contributed by atoms with Crippen LogP contribution in [0.25, 0.3) is 0 Å². The minimum atomic E-state index is -0.494. The molecule has 10 heteroatoms. The number of rotatable bonds is 10. The number of hydrogen-bond acceptors (Lipinski definition) is 8. The number of nitrogens with zero attached hydrogens (tertiary/aromatic N) is 2. The Morgan fingerprint density at radius 2 is 0.900 bits per heavy atom. The second-order valence-corrected chi connectivity index (χ2v) is 15.4. The Balaban J connectivity index is 0.987. The lowest BCUT2D eigenvalue weighted by Crippen LogP contribution is -2.65. The van der Waals surface area contributed by atoms with Crippen molar-refractivity contribution in [1.82, 2.24) is 0 Å². The summed E-state index contributed by atoms with van der Waals surface area (Å²) < 4.78 is 24.0. The van der Waals surface area contributed by atoms with E-state index in [1.54, 1.807) is 0 Å². The van der Waals surface area contributed by atoms with Gasteiger partial charge >= 0.3 is 23.9 Å². The highest BCUT2D eigenvalue weighted by Crippen LogP contribution is 2.43. The Hall–Kier alpha value is -4.02. The second kappa shape index (κ2) is 15.1. The smallest absolute Gasteiger partial charge is 0.331 e. The lowest BCUT2D eigenvalue weighted by molar-refractivity contribution is -0.979. The number of fused-ring (bicyclic) bond motifs is 4. The first kappa shape index (κ1) is 35.8. The van der Waals surface area contributed by atoms with Gasteiger partial charge in [-0.2, -0.15) is 0 Å². The number of ether oxygens (including phenoxy) is 4. The third-order valence-corrected chi connectivity index (χ3v) is 12.0. The van der Waals surface area contributed by atoms with Gasteiger partial charge in [-0.1, -0.05) is 0 Å². The zero-order valence-electron chi connectivity index (χ0n) is 29.9. The standard InChI is InChI=1S/C40H52N2O8/c1-27(43)47-35-15-11-29(12-16-35)25-41(3)31-7-5-8-32(41)22-37(21-31)49-39(45)19-20-40(46)50-38-23-33-9-6-10-34(24-38)42(33,4)26-30-13-17-36(18-14-30)48-28(2)44/h11-20,31-34,37-38H,5-10,21-26H2,1-4H3/q+2/b20-19+. The zero-order valence-corrected chi connectivity index (χ0v) is 29.9. The van der Waals surface area contributed by atoms with Gasteiger partial charge < -0.3 is 27.9 Å². The quantitative estimate of drug-likeness (QED) is 0.131. The van der Waals surface area contributed by atoms with Gasteiger partial charge in [0.05, 0.1) is 38.3 Å². The van der Waals surface area contributed by atoms with Crippen LogP contribution in [0, 0.1) is 0 Å². The monoisotopic (exact) mass is 688 g/mol. The maximum atomic E-state index is 12.9. The molecule has 50 heavy (non-hydrogen) atoms. The summed E-state index contributed by atoms with van der Waals surface area (Å²) in [7, 11) is 4.63. The van der Waals surface area contributed by atoms with Crippen LogP contribution in [0.15, 0.2) is 60.7 Å². The van der Waals surface area contributed by atoms with Gasteiger partial charge in [0.2, 0.25) is 0 Å². The third-order valence-electron chi connectivity index (χ3n) is 12.0. The number of piperidine rings is 4. The SMILES string of the molecule is CC(=O)Oc1ccc(C[N+]2(C)C3CCCC2CC(OC(=O)/C=C/C(=O)OC2CC4CCCC(C2)[N+]4(C)Cc2ccc(OC(C)=O)cc2)C3)cc1. The molecule has 4 heterocycles. The molecular weight excluding hydrogens is 636 g/mol. The van der Waals surface area contributed by atoms with Gasteiger partial charge in [-0.3, -0.25) is 9.59 Å². The fourth-order valence-corrected chi connectivity index (χ4v) is 9.49. The van der Waals surface area contributed by atoms with Crippen molar-refractivity contribution in [2.45, 2.75) is 128 Å². The predicted molar refractivity (Wildman–Crippen MR) is 186 cm³/mol. The molecule has 4 fully saturated rings. The molecule has 0 saturated carbocycles. The molecule has 4 saturated heterocycles. The first-order chi connectivity index (χ1) is 23.9. The van der Waals surface area contributed by atoms with Gasteiger partial charge in [0, 0.05) is 62.8 Å². The first-order valence-electron chi connectivity index (χ1n) is 18.2. The molecule has 268 valence electrons. The summed E-state index contributed by atoms with van der Waals surface area (Å²) in [6, 6.07) is 17.0. The second-order valence-electron chi connectivity index (χ2n) is 15.4. The fourth-order valence-electron chi connectivity index (χ4n) is 9.49. The lowest BCUT2D eigenvalue weighted by Gasteiger charge is -2.55. The van der Waals surface area contributed by atoms with Crippen molar-refractivity contribution < 1.29 is 47.1 Å². The molecule has 2 aromatic rings. The van der Waals surface area contributed by atoms with Crippen LogP contribution in [-0.4, -0.2) is 83.3 Å². The van der Waals surface area contributed by atoms with E-state index < -0.39 is 11.9 Å². The molecule has 4 aliphatic rings. The molecule has 0 N–H and O–H groups in total. The number of hydrogen-bond donors (Lipinski definition) is 0. The molecular formula is C40H52N2O8+2. The maximum Gasteiger partial charge on any atom is 0.331 e. The largest absolute Gasteiger partial charge is 0.459 e. The van der Waals surface area contributed by atoms with Crippen LogP contribution < -0.4 is 9.47 Å². The number of esters is 4. The number of carbonyl (C=O) groups excluding carboxylic acids is 4. The van der Waals surface area contributed by atoms with Crippen LogP contribution in [0.2, 0.25) is 0 Å².